The summed E-state index contributed by atoms with van der Waals surface area (Å²) >= 11 is 6.97. The van der Waals surface area contributed by atoms with Crippen LogP contribution in [0.5, 0.6) is 5.75 Å². The smallest absolute Gasteiger partial charge is 0.127 e. The Hall–Kier alpha value is -2.02. The molecule has 2 aromatic carbocycles. The topological polar surface area (TPSA) is 45.5 Å². The molecule has 0 atom stereocenters. The lowest BCUT2D eigenvalue weighted by molar-refractivity contribution is 0.474. The molecule has 1 N–H and O–H groups in total. The number of aryl methyl sites for hydroxylation is 1. The number of benzene rings is 2. The first kappa shape index (κ1) is 18.0. The van der Waals surface area contributed by atoms with Crippen LogP contribution in [0.15, 0.2) is 51.9 Å². The summed E-state index contributed by atoms with van der Waals surface area (Å²) in [6.45, 7) is 0. The third-order valence-electron chi connectivity index (χ3n) is 4.97. The summed E-state index contributed by atoms with van der Waals surface area (Å²) in [6, 6.07) is 13.7. The number of nitrogens with zero attached hydrogens (tertiary/aromatic N) is 2. The van der Waals surface area contributed by atoms with Crippen molar-refractivity contribution in [3.8, 4) is 16.3 Å². The highest BCUT2D eigenvalue weighted by atomic mass is 79.9. The molecule has 5 rings (SSSR count). The third-order valence-corrected chi connectivity index (χ3v) is 7.72. The van der Waals surface area contributed by atoms with Crippen LogP contribution in [-0.2, 0) is 12.8 Å². The van der Waals surface area contributed by atoms with Crippen LogP contribution in [0, 0.1) is 0 Å². The molecule has 0 spiro atoms. The number of halogens is 1. The van der Waals surface area contributed by atoms with Gasteiger partial charge in [0.25, 0.3) is 0 Å². The third kappa shape index (κ3) is 3.30. The van der Waals surface area contributed by atoms with Gasteiger partial charge in [-0.2, -0.15) is 0 Å². The summed E-state index contributed by atoms with van der Waals surface area (Å²) in [4.78, 5) is 11.2. The van der Waals surface area contributed by atoms with E-state index in [-0.39, 0.29) is 5.75 Å². The van der Waals surface area contributed by atoms with E-state index in [9.17, 15) is 5.11 Å². The Kier molecular flexibility index (Phi) is 4.78. The van der Waals surface area contributed by atoms with Crippen LogP contribution in [-0.4, -0.2) is 16.3 Å². The monoisotopic (exact) mass is 468 g/mol. The molecule has 0 amide bonds. The van der Waals surface area contributed by atoms with Crippen molar-refractivity contribution in [2.24, 2.45) is 4.99 Å². The van der Waals surface area contributed by atoms with Crippen LogP contribution in [0.2, 0.25) is 0 Å². The molecule has 28 heavy (non-hydrogen) atoms. The molecule has 0 saturated carbocycles. The zero-order chi connectivity index (χ0) is 19.1. The van der Waals surface area contributed by atoms with Crippen LogP contribution >= 0.6 is 38.6 Å². The number of hydrogen-bond acceptors (Lipinski definition) is 5. The summed E-state index contributed by atoms with van der Waals surface area (Å²) in [5.41, 5.74) is 4.35. The minimum absolute atomic E-state index is 0.231. The highest BCUT2D eigenvalue weighted by molar-refractivity contribution is 9.10. The Balaban J connectivity index is 1.64. The minimum atomic E-state index is 0.231. The maximum absolute atomic E-state index is 10.1. The van der Waals surface area contributed by atoms with Crippen molar-refractivity contribution in [3.63, 3.8) is 0 Å². The first-order valence-electron chi connectivity index (χ1n) is 9.22. The quantitative estimate of drug-likeness (QED) is 0.325. The number of aliphatic imine (C=N–C) groups is 1. The number of fused-ring (bicyclic) bond motifs is 2. The molecular formula is C22H17BrN2OS2. The Morgan fingerprint density at radius 3 is 2.82 bits per heavy atom. The number of thiophene rings is 1. The van der Waals surface area contributed by atoms with E-state index in [1.807, 2.05) is 18.2 Å². The van der Waals surface area contributed by atoms with Crippen LogP contribution in [0.1, 0.15) is 28.8 Å². The molecule has 0 fully saturated rings. The Morgan fingerprint density at radius 1 is 1.07 bits per heavy atom. The maximum atomic E-state index is 10.1. The number of aromatic hydroxyl groups is 1. The van der Waals surface area contributed by atoms with Gasteiger partial charge < -0.3 is 5.11 Å². The van der Waals surface area contributed by atoms with Gasteiger partial charge in [0.05, 0.1) is 15.8 Å². The van der Waals surface area contributed by atoms with Gasteiger partial charge in [0.1, 0.15) is 15.8 Å². The highest BCUT2D eigenvalue weighted by Gasteiger charge is 2.23. The number of thiazole rings is 1. The van der Waals surface area contributed by atoms with Crippen molar-refractivity contribution >= 4 is 60.0 Å². The van der Waals surface area contributed by atoms with E-state index in [4.69, 9.17) is 9.98 Å². The SMILES string of the molecule is Oc1ccc(Br)cc1/C=N/c1sc2c(c1-c1nc3ccccc3s1)CCCC2. The molecule has 2 aromatic heterocycles. The zero-order valence-corrected chi connectivity index (χ0v) is 18.2. The minimum Gasteiger partial charge on any atom is -0.507 e. The second-order valence-corrected chi connectivity index (χ2v) is 9.87. The van der Waals surface area contributed by atoms with Gasteiger partial charge in [0.2, 0.25) is 0 Å². The van der Waals surface area contributed by atoms with E-state index >= 15 is 0 Å². The first-order chi connectivity index (χ1) is 13.7. The molecule has 4 aromatic rings. The van der Waals surface area contributed by atoms with E-state index in [1.165, 1.54) is 33.5 Å². The predicted molar refractivity (Wildman–Crippen MR) is 123 cm³/mol. The lowest BCUT2D eigenvalue weighted by Crippen LogP contribution is -1.99. The fraction of sp³-hybridized carbons (Fsp3) is 0.182. The van der Waals surface area contributed by atoms with Gasteiger partial charge >= 0.3 is 0 Å². The molecule has 2 heterocycles. The maximum Gasteiger partial charge on any atom is 0.127 e. The summed E-state index contributed by atoms with van der Waals surface area (Å²) < 4.78 is 2.12. The van der Waals surface area contributed by atoms with E-state index < -0.39 is 0 Å². The van der Waals surface area contributed by atoms with E-state index in [2.05, 4.69) is 34.1 Å². The van der Waals surface area contributed by atoms with E-state index in [0.717, 1.165) is 32.8 Å². The Morgan fingerprint density at radius 2 is 1.93 bits per heavy atom. The van der Waals surface area contributed by atoms with Gasteiger partial charge in [0.15, 0.2) is 0 Å². The lowest BCUT2D eigenvalue weighted by atomic mass is 9.96. The van der Waals surface area contributed by atoms with Crippen LogP contribution < -0.4 is 0 Å². The van der Waals surface area contributed by atoms with Crippen molar-refractivity contribution in [2.45, 2.75) is 25.7 Å². The highest BCUT2D eigenvalue weighted by Crippen LogP contribution is 2.47. The lowest BCUT2D eigenvalue weighted by Gasteiger charge is -2.11. The summed E-state index contributed by atoms with van der Waals surface area (Å²) in [6.07, 6.45) is 6.43. The second-order valence-electron chi connectivity index (χ2n) is 6.84. The largest absolute Gasteiger partial charge is 0.507 e. The van der Waals surface area contributed by atoms with Gasteiger partial charge in [-0.05, 0) is 61.6 Å². The summed E-state index contributed by atoms with van der Waals surface area (Å²) in [5.74, 6) is 0.231. The van der Waals surface area contributed by atoms with Gasteiger partial charge in [-0.15, -0.1) is 22.7 Å². The molecule has 1 aliphatic carbocycles. The summed E-state index contributed by atoms with van der Waals surface area (Å²) in [5, 5.41) is 12.2. The molecule has 0 saturated heterocycles. The fourth-order valence-electron chi connectivity index (χ4n) is 3.60. The van der Waals surface area contributed by atoms with Crippen LogP contribution in [0.4, 0.5) is 5.00 Å². The van der Waals surface area contributed by atoms with Gasteiger partial charge in [0, 0.05) is 21.1 Å². The molecule has 1 aliphatic rings. The van der Waals surface area contributed by atoms with E-state index in [1.54, 1.807) is 35.0 Å². The molecule has 6 heteroatoms. The first-order valence-corrected chi connectivity index (χ1v) is 11.6. The van der Waals surface area contributed by atoms with E-state index in [0.29, 0.717) is 5.56 Å². The molecular weight excluding hydrogens is 452 g/mol. The molecule has 0 unspecified atom stereocenters. The second kappa shape index (κ2) is 7.43. The number of phenolic OH excluding ortho intramolecular Hbond substituents is 1. The van der Waals surface area contributed by atoms with Gasteiger partial charge in [-0.3, -0.25) is 0 Å². The number of para-hydroxylation sites is 1. The number of hydrogen-bond donors (Lipinski definition) is 1. The number of rotatable bonds is 3. The average molecular weight is 469 g/mol. The van der Waals surface area contributed by atoms with Crippen molar-refractivity contribution in [3.05, 3.63) is 62.9 Å². The van der Waals surface area contributed by atoms with Crippen molar-refractivity contribution in [2.75, 3.05) is 0 Å². The van der Waals surface area contributed by atoms with Crippen molar-refractivity contribution in [1.29, 1.82) is 0 Å². The van der Waals surface area contributed by atoms with Crippen molar-refractivity contribution < 1.29 is 5.11 Å². The fourth-order valence-corrected chi connectivity index (χ4v) is 6.32. The zero-order valence-electron chi connectivity index (χ0n) is 15.0. The van der Waals surface area contributed by atoms with Crippen LogP contribution in [0.3, 0.4) is 0 Å². The van der Waals surface area contributed by atoms with Crippen LogP contribution in [0.25, 0.3) is 20.8 Å². The normalized spacial score (nSPS) is 14.0. The standard InChI is InChI=1S/C22H17BrN2OS2/c23-14-9-10-17(26)13(11-14)12-24-21-20(15-5-1-3-7-18(15)27-21)22-25-16-6-2-4-8-19(16)28-22/h2,4,6,8-12,26H,1,3,5,7H2/b24-12+. The predicted octanol–water partition coefficient (Wildman–Crippen LogP) is 7.12. The number of phenols is 1. The molecule has 140 valence electrons. The van der Waals surface area contributed by atoms with Gasteiger partial charge in [-0.1, -0.05) is 28.1 Å². The van der Waals surface area contributed by atoms with Gasteiger partial charge in [-0.25, -0.2) is 9.98 Å². The molecule has 0 bridgehead atoms. The molecule has 0 aliphatic heterocycles. The Labute approximate surface area is 179 Å². The van der Waals surface area contributed by atoms with Crippen molar-refractivity contribution in [1.82, 2.24) is 4.98 Å². The molecule has 0 radical (unpaired) electrons. The average Bonchev–Trinajstić information content (AvgIpc) is 3.29. The Bertz CT molecular complexity index is 1180. The molecule has 3 nitrogen and oxygen atoms in total. The summed E-state index contributed by atoms with van der Waals surface area (Å²) in [7, 11) is 0. The number of aromatic nitrogens is 1.